The van der Waals surface area contributed by atoms with Crippen LogP contribution in [0.25, 0.3) is 22.0 Å². The van der Waals surface area contributed by atoms with Gasteiger partial charge in [-0.3, -0.25) is 4.79 Å². The Morgan fingerprint density at radius 3 is 2.65 bits per heavy atom. The highest BCUT2D eigenvalue weighted by Crippen LogP contribution is 2.39. The van der Waals surface area contributed by atoms with E-state index in [4.69, 9.17) is 4.74 Å². The van der Waals surface area contributed by atoms with Gasteiger partial charge in [-0.25, -0.2) is 8.78 Å². The molecule has 7 nitrogen and oxygen atoms in total. The average molecular weight is 444 g/mol. The van der Waals surface area contributed by atoms with Gasteiger partial charge in [0, 0.05) is 41.9 Å². The summed E-state index contributed by atoms with van der Waals surface area (Å²) in [5.74, 6) is -0.618. The van der Waals surface area contributed by atoms with Crippen molar-refractivity contribution < 1.29 is 18.7 Å². The molecule has 4 rings (SSSR count). The summed E-state index contributed by atoms with van der Waals surface area (Å²) in [6.45, 7) is 2.00. The second-order valence-electron chi connectivity index (χ2n) is 6.69. The third-order valence-corrected chi connectivity index (χ3v) is 5.22. The van der Waals surface area contributed by atoms with Gasteiger partial charge in [-0.15, -0.1) is 9.94 Å². The van der Waals surface area contributed by atoms with E-state index in [9.17, 15) is 18.8 Å². The number of hydrogen-bond donors (Lipinski definition) is 2. The lowest BCUT2D eigenvalue weighted by molar-refractivity contribution is 0.151. The van der Waals surface area contributed by atoms with E-state index in [0.717, 1.165) is 23.6 Å². The fourth-order valence-corrected chi connectivity index (χ4v) is 3.58. The molecular formula is C21H18F2N4O3S. The molecule has 0 saturated heterocycles. The minimum atomic E-state index is -0.847. The van der Waals surface area contributed by atoms with Crippen LogP contribution in [-0.2, 0) is 7.05 Å². The number of halogens is 2. The van der Waals surface area contributed by atoms with Crippen molar-refractivity contribution >= 4 is 28.5 Å². The molecule has 0 radical (unpaired) electrons. The summed E-state index contributed by atoms with van der Waals surface area (Å²) in [5.41, 5.74) is 1.67. The predicted octanol–water partition coefficient (Wildman–Crippen LogP) is 4.79. The molecule has 31 heavy (non-hydrogen) atoms. The van der Waals surface area contributed by atoms with Gasteiger partial charge in [0.1, 0.15) is 17.1 Å². The number of nitrogens with zero attached hydrogens (tertiary/aromatic N) is 3. The van der Waals surface area contributed by atoms with Gasteiger partial charge >= 0.3 is 0 Å². The zero-order chi connectivity index (χ0) is 22.1. The maximum atomic E-state index is 14.2. The van der Waals surface area contributed by atoms with Crippen molar-refractivity contribution in [3.63, 3.8) is 0 Å². The van der Waals surface area contributed by atoms with Crippen molar-refractivity contribution in [1.29, 1.82) is 0 Å². The van der Waals surface area contributed by atoms with E-state index < -0.39 is 11.6 Å². The molecule has 10 heteroatoms. The number of aryl methyl sites for hydroxylation is 1. The number of pyridine rings is 1. The van der Waals surface area contributed by atoms with E-state index in [0.29, 0.717) is 16.0 Å². The highest BCUT2D eigenvalue weighted by molar-refractivity contribution is 8.00. The van der Waals surface area contributed by atoms with E-state index >= 15 is 0 Å². The molecule has 0 fully saturated rings. The van der Waals surface area contributed by atoms with Gasteiger partial charge in [0.25, 0.3) is 5.56 Å². The SMILES string of the molecule is CCSNc1ccc(Oc2ccc(F)cc2F)c(-c2cn(C)c(=O)c3cn(O)nc23)c1. The highest BCUT2D eigenvalue weighted by atomic mass is 32.2. The molecule has 0 bridgehead atoms. The van der Waals surface area contributed by atoms with E-state index in [1.165, 1.54) is 28.8 Å². The Kier molecular flexibility index (Phi) is 5.55. The maximum Gasteiger partial charge on any atom is 0.261 e. The first-order valence-corrected chi connectivity index (χ1v) is 10.3. The van der Waals surface area contributed by atoms with Crippen molar-refractivity contribution in [2.45, 2.75) is 6.92 Å². The van der Waals surface area contributed by atoms with E-state index in [1.54, 1.807) is 31.4 Å². The van der Waals surface area contributed by atoms with Crippen LogP contribution in [0.1, 0.15) is 6.92 Å². The third kappa shape index (κ3) is 4.06. The third-order valence-electron chi connectivity index (χ3n) is 4.55. The fraction of sp³-hybridized carbons (Fsp3) is 0.143. The standard InChI is InChI=1S/C21H18F2N4O3S/c1-3-31-25-13-5-7-18(30-19-6-4-12(22)8-17(19)23)14(9-13)15-10-26(2)21(28)16-11-27(29)24-20(15)16/h4-11,25,29H,3H2,1-2H3. The number of anilines is 1. The van der Waals surface area contributed by atoms with E-state index in [2.05, 4.69) is 9.82 Å². The van der Waals surface area contributed by atoms with Crippen molar-refractivity contribution in [2.75, 3.05) is 10.5 Å². The summed E-state index contributed by atoms with van der Waals surface area (Å²) in [6, 6.07) is 8.21. The number of aromatic nitrogens is 3. The zero-order valence-electron chi connectivity index (χ0n) is 16.6. The van der Waals surface area contributed by atoms with Gasteiger partial charge < -0.3 is 19.2 Å². The molecule has 0 aliphatic rings. The lowest BCUT2D eigenvalue weighted by atomic mass is 10.0. The quantitative estimate of drug-likeness (QED) is 0.329. The molecule has 4 aromatic rings. The Labute approximate surface area is 180 Å². The number of ether oxygens (including phenoxy) is 1. The first-order chi connectivity index (χ1) is 14.9. The predicted molar refractivity (Wildman–Crippen MR) is 116 cm³/mol. The zero-order valence-corrected chi connectivity index (χ0v) is 17.4. The molecule has 0 aliphatic carbocycles. The molecule has 0 unspecified atom stereocenters. The van der Waals surface area contributed by atoms with Gasteiger partial charge in [-0.1, -0.05) is 18.9 Å². The Balaban J connectivity index is 1.92. The second kappa shape index (κ2) is 8.31. The number of fused-ring (bicyclic) bond motifs is 1. The summed E-state index contributed by atoms with van der Waals surface area (Å²) in [6.07, 6.45) is 2.79. The molecule has 160 valence electrons. The first kappa shape index (κ1) is 20.7. The molecule has 0 aliphatic heterocycles. The van der Waals surface area contributed by atoms with Crippen molar-refractivity contribution in [3.8, 4) is 22.6 Å². The Hall–Kier alpha value is -3.53. The number of benzene rings is 2. The van der Waals surface area contributed by atoms with Crippen molar-refractivity contribution in [1.82, 2.24) is 14.5 Å². The minimum absolute atomic E-state index is 0.153. The fourth-order valence-electron chi connectivity index (χ4n) is 3.14. The topological polar surface area (TPSA) is 81.3 Å². The summed E-state index contributed by atoms with van der Waals surface area (Å²) in [5, 5.41) is 14.0. The van der Waals surface area contributed by atoms with Crippen LogP contribution < -0.4 is 15.0 Å². The highest BCUT2D eigenvalue weighted by Gasteiger charge is 2.19. The molecule has 0 spiro atoms. The molecular weight excluding hydrogens is 426 g/mol. The Bertz CT molecular complexity index is 1340. The van der Waals surface area contributed by atoms with Crippen molar-refractivity contribution in [2.24, 2.45) is 7.05 Å². The smallest absolute Gasteiger partial charge is 0.261 e. The number of rotatable bonds is 6. The summed E-state index contributed by atoms with van der Waals surface area (Å²) in [7, 11) is 1.58. The van der Waals surface area contributed by atoms with Crippen LogP contribution in [0.3, 0.4) is 0 Å². The molecule has 2 aromatic carbocycles. The largest absolute Gasteiger partial charge is 0.454 e. The minimum Gasteiger partial charge on any atom is -0.454 e. The average Bonchev–Trinajstić information content (AvgIpc) is 3.14. The van der Waals surface area contributed by atoms with Crippen LogP contribution >= 0.6 is 11.9 Å². The summed E-state index contributed by atoms with van der Waals surface area (Å²) in [4.78, 5) is 13.0. The molecule has 2 heterocycles. The Morgan fingerprint density at radius 2 is 1.90 bits per heavy atom. The first-order valence-electron chi connectivity index (χ1n) is 9.30. The molecule has 0 saturated carbocycles. The van der Waals surface area contributed by atoms with Crippen LogP contribution in [0.15, 0.2) is 53.6 Å². The van der Waals surface area contributed by atoms with E-state index in [-0.39, 0.29) is 28.0 Å². The molecule has 0 atom stereocenters. The van der Waals surface area contributed by atoms with Gasteiger partial charge in [-0.2, -0.15) is 0 Å². The monoisotopic (exact) mass is 444 g/mol. The van der Waals surface area contributed by atoms with E-state index in [1.807, 2.05) is 6.92 Å². The molecule has 0 amide bonds. The van der Waals surface area contributed by atoms with Crippen LogP contribution in [0.2, 0.25) is 0 Å². The lowest BCUT2D eigenvalue weighted by Crippen LogP contribution is -2.16. The maximum absolute atomic E-state index is 14.2. The van der Waals surface area contributed by atoms with Crippen LogP contribution in [0, 0.1) is 11.6 Å². The lowest BCUT2D eigenvalue weighted by Gasteiger charge is -2.15. The van der Waals surface area contributed by atoms with Crippen LogP contribution in [0.5, 0.6) is 11.5 Å². The molecule has 2 N–H and O–H groups in total. The normalized spacial score (nSPS) is 11.1. The van der Waals surface area contributed by atoms with Crippen molar-refractivity contribution in [3.05, 3.63) is 70.8 Å². The summed E-state index contributed by atoms with van der Waals surface area (Å²) < 4.78 is 37.8. The van der Waals surface area contributed by atoms with Gasteiger partial charge in [0.15, 0.2) is 11.6 Å². The number of hydrogen-bond acceptors (Lipinski definition) is 6. The van der Waals surface area contributed by atoms with Gasteiger partial charge in [0.05, 0.1) is 11.6 Å². The summed E-state index contributed by atoms with van der Waals surface area (Å²) >= 11 is 1.48. The second-order valence-corrected chi connectivity index (χ2v) is 7.76. The van der Waals surface area contributed by atoms with Gasteiger partial charge in [0.2, 0.25) is 0 Å². The Morgan fingerprint density at radius 1 is 1.13 bits per heavy atom. The molecule has 2 aromatic heterocycles. The van der Waals surface area contributed by atoms with Crippen LogP contribution in [0.4, 0.5) is 14.5 Å². The van der Waals surface area contributed by atoms with Crippen LogP contribution in [-0.4, -0.2) is 25.5 Å². The number of nitrogens with one attached hydrogen (secondary N) is 1. The van der Waals surface area contributed by atoms with Gasteiger partial charge in [-0.05, 0) is 30.3 Å².